The van der Waals surface area contributed by atoms with Crippen molar-refractivity contribution in [1.82, 2.24) is 4.90 Å². The maximum Gasteiger partial charge on any atom is 0.0555 e. The monoisotopic (exact) mass is 237 g/mol. The van der Waals surface area contributed by atoms with Crippen molar-refractivity contribution in [2.75, 3.05) is 13.1 Å². The number of nitrogens with zero attached hydrogens (tertiary/aromatic N) is 1. The first-order chi connectivity index (χ1) is 8.22. The summed E-state index contributed by atoms with van der Waals surface area (Å²) in [5.74, 6) is 0.840. The Morgan fingerprint density at radius 2 is 2.06 bits per heavy atom. The van der Waals surface area contributed by atoms with E-state index in [-0.39, 0.29) is 6.10 Å². The highest BCUT2D eigenvalue weighted by Crippen LogP contribution is 2.53. The Balaban J connectivity index is 1.67. The molecule has 0 aromatic carbocycles. The van der Waals surface area contributed by atoms with Gasteiger partial charge in [-0.25, -0.2) is 0 Å². The topological polar surface area (TPSA) is 23.5 Å². The lowest BCUT2D eigenvalue weighted by atomic mass is 9.79. The summed E-state index contributed by atoms with van der Waals surface area (Å²) in [5.41, 5.74) is 0.721. The average molecular weight is 237 g/mol. The van der Waals surface area contributed by atoms with Gasteiger partial charge in [0.15, 0.2) is 0 Å². The highest BCUT2D eigenvalue weighted by Gasteiger charge is 2.47. The lowest BCUT2D eigenvalue weighted by Crippen LogP contribution is -2.50. The second-order valence-corrected chi connectivity index (χ2v) is 6.78. The van der Waals surface area contributed by atoms with Gasteiger partial charge in [-0.2, -0.15) is 0 Å². The second-order valence-electron chi connectivity index (χ2n) is 6.78. The lowest BCUT2D eigenvalue weighted by molar-refractivity contribution is 0.00312. The molecule has 1 N–H and O–H groups in total. The SMILES string of the molecule is CCC1CCC(O)CC1N1CCCC2(CC2)C1. The summed E-state index contributed by atoms with van der Waals surface area (Å²) >= 11 is 0. The van der Waals surface area contributed by atoms with Crippen LogP contribution in [0.5, 0.6) is 0 Å². The van der Waals surface area contributed by atoms with E-state index in [9.17, 15) is 5.11 Å². The maximum atomic E-state index is 9.94. The first-order valence-corrected chi connectivity index (χ1v) is 7.64. The number of aliphatic hydroxyl groups is 1. The van der Waals surface area contributed by atoms with Crippen LogP contribution in [0.25, 0.3) is 0 Å². The molecule has 3 aliphatic rings. The molecule has 1 saturated heterocycles. The van der Waals surface area contributed by atoms with Crippen LogP contribution >= 0.6 is 0 Å². The number of aliphatic hydroxyl groups excluding tert-OH is 1. The van der Waals surface area contributed by atoms with Crippen LogP contribution in [-0.4, -0.2) is 35.2 Å². The molecule has 1 spiro atoms. The Bertz CT molecular complexity index is 274. The largest absolute Gasteiger partial charge is 0.393 e. The van der Waals surface area contributed by atoms with Crippen molar-refractivity contribution in [3.63, 3.8) is 0 Å². The summed E-state index contributed by atoms with van der Waals surface area (Å²) in [5, 5.41) is 9.94. The van der Waals surface area contributed by atoms with Crippen LogP contribution in [0, 0.1) is 11.3 Å². The van der Waals surface area contributed by atoms with E-state index < -0.39 is 0 Å². The molecule has 2 saturated carbocycles. The van der Waals surface area contributed by atoms with Gasteiger partial charge in [0.05, 0.1) is 6.10 Å². The van der Waals surface area contributed by atoms with Gasteiger partial charge in [0.1, 0.15) is 0 Å². The number of rotatable bonds is 2. The molecule has 3 unspecified atom stereocenters. The number of hydrogen-bond acceptors (Lipinski definition) is 2. The van der Waals surface area contributed by atoms with Gasteiger partial charge in [0.25, 0.3) is 0 Å². The molecule has 17 heavy (non-hydrogen) atoms. The molecule has 0 bridgehead atoms. The van der Waals surface area contributed by atoms with Crippen LogP contribution in [0.3, 0.4) is 0 Å². The van der Waals surface area contributed by atoms with E-state index in [1.807, 2.05) is 0 Å². The lowest BCUT2D eigenvalue weighted by Gasteiger charge is -2.45. The van der Waals surface area contributed by atoms with E-state index in [0.717, 1.165) is 24.2 Å². The molecule has 3 fully saturated rings. The number of piperidine rings is 1. The summed E-state index contributed by atoms with van der Waals surface area (Å²) in [6.07, 6.45) is 10.4. The van der Waals surface area contributed by atoms with Gasteiger partial charge in [-0.05, 0) is 62.8 Å². The van der Waals surface area contributed by atoms with E-state index >= 15 is 0 Å². The Kier molecular flexibility index (Phi) is 3.20. The highest BCUT2D eigenvalue weighted by molar-refractivity contribution is 5.00. The zero-order chi connectivity index (χ0) is 11.9. The van der Waals surface area contributed by atoms with Crippen molar-refractivity contribution in [2.24, 2.45) is 11.3 Å². The first kappa shape index (κ1) is 12.0. The van der Waals surface area contributed by atoms with Gasteiger partial charge in [-0.1, -0.05) is 13.3 Å². The van der Waals surface area contributed by atoms with E-state index in [2.05, 4.69) is 11.8 Å². The van der Waals surface area contributed by atoms with Crippen molar-refractivity contribution in [2.45, 2.75) is 70.4 Å². The number of likely N-dealkylation sites (tertiary alicyclic amines) is 1. The summed E-state index contributed by atoms with van der Waals surface area (Å²) in [4.78, 5) is 2.74. The summed E-state index contributed by atoms with van der Waals surface area (Å²) in [7, 11) is 0. The van der Waals surface area contributed by atoms with E-state index in [4.69, 9.17) is 0 Å². The standard InChI is InChI=1S/C15H27NO/c1-2-12-4-5-13(17)10-14(12)16-9-3-6-15(11-16)7-8-15/h12-14,17H,2-11H2,1H3. The second kappa shape index (κ2) is 4.55. The molecule has 1 aliphatic heterocycles. The van der Waals surface area contributed by atoms with Crippen LogP contribution < -0.4 is 0 Å². The normalized spacial score (nSPS) is 41.6. The third-order valence-corrected chi connectivity index (χ3v) is 5.57. The molecule has 0 radical (unpaired) electrons. The quantitative estimate of drug-likeness (QED) is 0.798. The highest BCUT2D eigenvalue weighted by atomic mass is 16.3. The van der Waals surface area contributed by atoms with Gasteiger partial charge in [-0.3, -0.25) is 4.90 Å². The summed E-state index contributed by atoms with van der Waals surface area (Å²) in [6, 6.07) is 0.682. The Hall–Kier alpha value is -0.0800. The molecule has 2 aliphatic carbocycles. The Morgan fingerprint density at radius 1 is 1.24 bits per heavy atom. The van der Waals surface area contributed by atoms with Crippen molar-refractivity contribution < 1.29 is 5.11 Å². The molecule has 0 aromatic rings. The molecule has 2 heteroatoms. The van der Waals surface area contributed by atoms with Crippen molar-refractivity contribution in [3.8, 4) is 0 Å². The van der Waals surface area contributed by atoms with Crippen LogP contribution in [-0.2, 0) is 0 Å². The van der Waals surface area contributed by atoms with Gasteiger partial charge >= 0.3 is 0 Å². The van der Waals surface area contributed by atoms with Gasteiger partial charge in [-0.15, -0.1) is 0 Å². The molecular weight excluding hydrogens is 210 g/mol. The average Bonchev–Trinajstić information content (AvgIpc) is 3.08. The third kappa shape index (κ3) is 2.39. The van der Waals surface area contributed by atoms with Crippen molar-refractivity contribution in [3.05, 3.63) is 0 Å². The zero-order valence-electron chi connectivity index (χ0n) is 11.2. The van der Waals surface area contributed by atoms with Crippen LogP contribution in [0.1, 0.15) is 58.3 Å². The Labute approximate surface area is 105 Å². The molecule has 3 rings (SSSR count). The minimum Gasteiger partial charge on any atom is -0.393 e. The van der Waals surface area contributed by atoms with Crippen molar-refractivity contribution >= 4 is 0 Å². The molecular formula is C15H27NO. The minimum atomic E-state index is -0.0279. The van der Waals surface area contributed by atoms with Crippen LogP contribution in [0.2, 0.25) is 0 Å². The van der Waals surface area contributed by atoms with Gasteiger partial charge in [0.2, 0.25) is 0 Å². The van der Waals surface area contributed by atoms with Gasteiger partial charge < -0.3 is 5.11 Å². The van der Waals surface area contributed by atoms with E-state index in [0.29, 0.717) is 6.04 Å². The fourth-order valence-electron chi connectivity index (χ4n) is 4.23. The smallest absolute Gasteiger partial charge is 0.0555 e. The fraction of sp³-hybridized carbons (Fsp3) is 1.00. The third-order valence-electron chi connectivity index (χ3n) is 5.57. The molecule has 3 atom stereocenters. The molecule has 0 aromatic heterocycles. The van der Waals surface area contributed by atoms with E-state index in [1.165, 1.54) is 51.6 Å². The number of hydrogen-bond donors (Lipinski definition) is 1. The molecule has 0 amide bonds. The predicted molar refractivity (Wildman–Crippen MR) is 69.9 cm³/mol. The molecule has 1 heterocycles. The Morgan fingerprint density at radius 3 is 2.76 bits per heavy atom. The fourth-order valence-corrected chi connectivity index (χ4v) is 4.23. The molecule has 98 valence electrons. The van der Waals surface area contributed by atoms with E-state index in [1.54, 1.807) is 0 Å². The zero-order valence-corrected chi connectivity index (χ0v) is 11.2. The van der Waals surface area contributed by atoms with Crippen molar-refractivity contribution in [1.29, 1.82) is 0 Å². The summed E-state index contributed by atoms with van der Waals surface area (Å²) < 4.78 is 0. The van der Waals surface area contributed by atoms with Gasteiger partial charge in [0, 0.05) is 12.6 Å². The first-order valence-electron chi connectivity index (χ1n) is 7.64. The summed E-state index contributed by atoms with van der Waals surface area (Å²) in [6.45, 7) is 4.95. The minimum absolute atomic E-state index is 0.0279. The maximum absolute atomic E-state index is 9.94. The predicted octanol–water partition coefficient (Wildman–Crippen LogP) is 2.80. The molecule has 2 nitrogen and oxygen atoms in total. The van der Waals surface area contributed by atoms with Crippen LogP contribution in [0.15, 0.2) is 0 Å². The van der Waals surface area contributed by atoms with Crippen LogP contribution in [0.4, 0.5) is 0 Å².